The average Bonchev–Trinajstić information content (AvgIpc) is 3.11. The van der Waals surface area contributed by atoms with Crippen molar-refractivity contribution in [2.45, 2.75) is 213 Å². The second-order valence-corrected chi connectivity index (χ2v) is 15.7. The molecule has 0 saturated heterocycles. The monoisotopic (exact) mass is 746 g/mol. The van der Waals surface area contributed by atoms with Crippen LogP contribution in [0.15, 0.2) is 12.2 Å². The predicted molar refractivity (Wildman–Crippen MR) is 211 cm³/mol. The van der Waals surface area contributed by atoms with E-state index >= 15 is 0 Å². The molecular weight excluding hydrogens is 665 g/mol. The smallest absolute Gasteiger partial charge is 0.462 e. The lowest BCUT2D eigenvalue weighted by Gasteiger charge is -2.19. The summed E-state index contributed by atoms with van der Waals surface area (Å²) in [6, 6.07) is 0. The van der Waals surface area contributed by atoms with Gasteiger partial charge in [-0.05, 0) is 38.5 Å². The van der Waals surface area contributed by atoms with E-state index in [0.717, 1.165) is 38.5 Å². The minimum Gasteiger partial charge on any atom is -0.462 e. The lowest BCUT2D eigenvalue weighted by atomic mass is 10.1. The number of carbonyl (C=O) groups excluding carboxylic acids is 2. The molecule has 0 bridgehead atoms. The molecular formula is C41H80NO8P. The van der Waals surface area contributed by atoms with Gasteiger partial charge in [-0.3, -0.25) is 18.6 Å². The topological polar surface area (TPSA) is 134 Å². The normalized spacial score (nSPS) is 13.4. The van der Waals surface area contributed by atoms with Gasteiger partial charge in [-0.1, -0.05) is 167 Å². The summed E-state index contributed by atoms with van der Waals surface area (Å²) in [5, 5.41) is 0. The molecule has 0 aliphatic heterocycles. The van der Waals surface area contributed by atoms with Gasteiger partial charge in [0, 0.05) is 19.4 Å². The van der Waals surface area contributed by atoms with Gasteiger partial charge in [0.25, 0.3) is 0 Å². The number of hydrogen-bond acceptors (Lipinski definition) is 8. The summed E-state index contributed by atoms with van der Waals surface area (Å²) in [5.74, 6) is -0.823. The Balaban J connectivity index is 4.11. The van der Waals surface area contributed by atoms with Crippen LogP contribution >= 0.6 is 7.82 Å². The van der Waals surface area contributed by atoms with E-state index in [1.807, 2.05) is 0 Å². The van der Waals surface area contributed by atoms with E-state index in [9.17, 15) is 19.0 Å². The van der Waals surface area contributed by atoms with E-state index in [4.69, 9.17) is 24.3 Å². The van der Waals surface area contributed by atoms with Gasteiger partial charge < -0.3 is 20.1 Å². The van der Waals surface area contributed by atoms with Crippen LogP contribution < -0.4 is 5.73 Å². The Labute approximate surface area is 313 Å². The highest BCUT2D eigenvalue weighted by molar-refractivity contribution is 7.47. The quantitative estimate of drug-likeness (QED) is 0.0272. The Morgan fingerprint density at radius 2 is 0.961 bits per heavy atom. The molecule has 0 saturated carbocycles. The molecule has 0 aromatic rings. The summed E-state index contributed by atoms with van der Waals surface area (Å²) in [7, 11) is -4.37. The third-order valence-electron chi connectivity index (χ3n) is 9.15. The van der Waals surface area contributed by atoms with Crippen molar-refractivity contribution in [1.29, 1.82) is 0 Å². The van der Waals surface area contributed by atoms with Gasteiger partial charge in [-0.2, -0.15) is 0 Å². The number of phosphoric acid groups is 1. The molecule has 10 heteroatoms. The number of carbonyl (C=O) groups is 2. The van der Waals surface area contributed by atoms with Crippen LogP contribution in [0.25, 0.3) is 0 Å². The second kappa shape index (κ2) is 38.5. The zero-order chi connectivity index (χ0) is 37.5. The SMILES string of the molecule is CCCCCCCCC=CCCCCCCCCCCCC(=O)OC(COC(=O)CCCCCCCCCCCCC)COP(=O)(O)OCCN. The van der Waals surface area contributed by atoms with E-state index in [1.54, 1.807) is 0 Å². The van der Waals surface area contributed by atoms with Gasteiger partial charge in [0.2, 0.25) is 0 Å². The van der Waals surface area contributed by atoms with Crippen LogP contribution in [-0.4, -0.2) is 49.3 Å². The van der Waals surface area contributed by atoms with E-state index in [2.05, 4.69) is 26.0 Å². The fourth-order valence-electron chi connectivity index (χ4n) is 5.98. The summed E-state index contributed by atoms with van der Waals surface area (Å²) in [6.07, 6.45) is 38.1. The first-order chi connectivity index (χ1) is 24.8. The predicted octanol–water partition coefficient (Wildman–Crippen LogP) is 11.8. The molecule has 0 aromatic heterocycles. The van der Waals surface area contributed by atoms with Gasteiger partial charge in [0.1, 0.15) is 6.61 Å². The number of allylic oxidation sites excluding steroid dienone is 2. The zero-order valence-electron chi connectivity index (χ0n) is 33.1. The summed E-state index contributed by atoms with van der Waals surface area (Å²) >= 11 is 0. The van der Waals surface area contributed by atoms with E-state index in [1.165, 1.54) is 135 Å². The molecule has 0 amide bonds. The third-order valence-corrected chi connectivity index (χ3v) is 10.1. The van der Waals surface area contributed by atoms with E-state index in [0.29, 0.717) is 6.42 Å². The Bertz CT molecular complexity index is 856. The fraction of sp³-hybridized carbons (Fsp3) is 0.902. The lowest BCUT2D eigenvalue weighted by Crippen LogP contribution is -2.29. The van der Waals surface area contributed by atoms with Crippen LogP contribution in [0.2, 0.25) is 0 Å². The maximum absolute atomic E-state index is 12.6. The molecule has 2 unspecified atom stereocenters. The number of phosphoric ester groups is 1. The highest BCUT2D eigenvalue weighted by Gasteiger charge is 2.26. The van der Waals surface area contributed by atoms with Crippen LogP contribution in [0.3, 0.4) is 0 Å². The number of rotatable bonds is 40. The minimum absolute atomic E-state index is 0.0558. The van der Waals surface area contributed by atoms with Crippen molar-refractivity contribution in [3.63, 3.8) is 0 Å². The molecule has 0 aromatic carbocycles. The highest BCUT2D eigenvalue weighted by atomic mass is 31.2. The van der Waals surface area contributed by atoms with Crippen LogP contribution in [0.4, 0.5) is 0 Å². The molecule has 3 N–H and O–H groups in total. The van der Waals surface area contributed by atoms with Crippen LogP contribution in [0.5, 0.6) is 0 Å². The van der Waals surface area contributed by atoms with E-state index in [-0.39, 0.29) is 38.6 Å². The number of hydrogen-bond donors (Lipinski definition) is 2. The third kappa shape index (κ3) is 38.3. The second-order valence-electron chi connectivity index (χ2n) is 14.2. The first-order valence-electron chi connectivity index (χ1n) is 21.2. The number of unbranched alkanes of at least 4 members (excludes halogenated alkanes) is 25. The van der Waals surface area contributed by atoms with Crippen molar-refractivity contribution < 1.29 is 37.6 Å². The molecule has 51 heavy (non-hydrogen) atoms. The summed E-state index contributed by atoms with van der Waals surface area (Å²) < 4.78 is 32.7. The Hall–Kier alpha value is -1.25. The Kier molecular flexibility index (Phi) is 37.5. The number of esters is 2. The van der Waals surface area contributed by atoms with Crippen molar-refractivity contribution in [3.05, 3.63) is 12.2 Å². The first kappa shape index (κ1) is 49.8. The molecule has 0 spiro atoms. The zero-order valence-corrected chi connectivity index (χ0v) is 34.0. The van der Waals surface area contributed by atoms with Crippen molar-refractivity contribution in [3.8, 4) is 0 Å². The summed E-state index contributed by atoms with van der Waals surface area (Å²) in [5.41, 5.74) is 5.34. The number of nitrogens with two attached hydrogens (primary N) is 1. The van der Waals surface area contributed by atoms with Crippen molar-refractivity contribution in [1.82, 2.24) is 0 Å². The molecule has 0 aliphatic carbocycles. The largest absolute Gasteiger partial charge is 0.472 e. The molecule has 2 atom stereocenters. The molecule has 0 heterocycles. The van der Waals surface area contributed by atoms with Crippen molar-refractivity contribution in [2.75, 3.05) is 26.4 Å². The fourth-order valence-corrected chi connectivity index (χ4v) is 6.75. The molecule has 0 fully saturated rings. The van der Waals surface area contributed by atoms with Crippen LogP contribution in [-0.2, 0) is 32.7 Å². The average molecular weight is 746 g/mol. The molecule has 9 nitrogen and oxygen atoms in total. The van der Waals surface area contributed by atoms with Crippen molar-refractivity contribution >= 4 is 19.8 Å². The maximum atomic E-state index is 12.6. The highest BCUT2D eigenvalue weighted by Crippen LogP contribution is 2.43. The first-order valence-corrected chi connectivity index (χ1v) is 22.7. The van der Waals surface area contributed by atoms with Crippen molar-refractivity contribution in [2.24, 2.45) is 5.73 Å². The maximum Gasteiger partial charge on any atom is 0.472 e. The minimum atomic E-state index is -4.37. The summed E-state index contributed by atoms with van der Waals surface area (Å²) in [6.45, 7) is 3.73. The molecule has 0 aliphatic rings. The van der Waals surface area contributed by atoms with Gasteiger partial charge >= 0.3 is 19.8 Å². The molecule has 302 valence electrons. The lowest BCUT2D eigenvalue weighted by molar-refractivity contribution is -0.161. The number of ether oxygens (including phenoxy) is 2. The Morgan fingerprint density at radius 1 is 0.569 bits per heavy atom. The van der Waals surface area contributed by atoms with Crippen LogP contribution in [0, 0.1) is 0 Å². The van der Waals surface area contributed by atoms with Gasteiger partial charge in [0.15, 0.2) is 6.10 Å². The Morgan fingerprint density at radius 3 is 1.39 bits per heavy atom. The van der Waals surface area contributed by atoms with Gasteiger partial charge in [0.05, 0.1) is 13.2 Å². The standard InChI is InChI=1S/C41H80NO8P/c1-3-5-7-9-11-13-15-16-17-18-19-20-21-22-24-26-28-30-32-34-41(44)50-39(38-49-51(45,46)48-36-35-42)37-47-40(43)33-31-29-27-25-23-14-12-10-8-6-4-2/h16-17,39H,3-15,18-38,42H2,1-2H3,(H,45,46). The van der Waals surface area contributed by atoms with E-state index < -0.39 is 26.5 Å². The summed E-state index contributed by atoms with van der Waals surface area (Å²) in [4.78, 5) is 34.8. The molecule has 0 radical (unpaired) electrons. The van der Waals surface area contributed by atoms with Gasteiger partial charge in [-0.15, -0.1) is 0 Å². The molecule has 0 rings (SSSR count). The van der Waals surface area contributed by atoms with Crippen LogP contribution in [0.1, 0.15) is 206 Å². The van der Waals surface area contributed by atoms with Gasteiger partial charge in [-0.25, -0.2) is 4.57 Å².